The molecule has 0 spiro atoms. The lowest BCUT2D eigenvalue weighted by atomic mass is 9.98. The molecule has 0 bridgehead atoms. The highest BCUT2D eigenvalue weighted by Gasteiger charge is 2.15. The van der Waals surface area contributed by atoms with Gasteiger partial charge in [0.2, 0.25) is 5.91 Å². The number of nitrogens with zero attached hydrogens (tertiary/aromatic N) is 2. The van der Waals surface area contributed by atoms with Crippen LogP contribution in [0.3, 0.4) is 0 Å². The highest BCUT2D eigenvalue weighted by Crippen LogP contribution is 2.36. The Morgan fingerprint density at radius 2 is 1.58 bits per heavy atom. The fraction of sp³-hybridized carbons (Fsp3) is 0.0294. The first kappa shape index (κ1) is 27.3. The molecule has 0 saturated heterocycles. The number of furan rings is 1. The highest BCUT2D eigenvalue weighted by molar-refractivity contribution is 5.97. The van der Waals surface area contributed by atoms with Gasteiger partial charge in [-0.25, -0.2) is 13.8 Å². The van der Waals surface area contributed by atoms with E-state index in [4.69, 9.17) is 14.9 Å². The molecule has 0 fully saturated rings. The Kier molecular flexibility index (Phi) is 7.60. The van der Waals surface area contributed by atoms with Gasteiger partial charge in [0.15, 0.2) is 0 Å². The number of nitrogens with two attached hydrogens (primary N) is 1. The molecule has 0 aliphatic carbocycles. The molecule has 0 aliphatic rings. The van der Waals surface area contributed by atoms with Crippen molar-refractivity contribution >= 4 is 28.8 Å². The molecule has 0 aliphatic heterocycles. The van der Waals surface area contributed by atoms with Gasteiger partial charge in [0.25, 0.3) is 0 Å². The van der Waals surface area contributed by atoms with Gasteiger partial charge in [-0.1, -0.05) is 12.1 Å². The van der Waals surface area contributed by atoms with E-state index < -0.39 is 0 Å². The van der Waals surface area contributed by atoms with Gasteiger partial charge in [0, 0.05) is 28.8 Å². The Hall–Kier alpha value is -5.83. The molecule has 3 heterocycles. The van der Waals surface area contributed by atoms with Gasteiger partial charge in [-0.05, 0) is 96.1 Å². The van der Waals surface area contributed by atoms with Crippen molar-refractivity contribution in [3.05, 3.63) is 132 Å². The van der Waals surface area contributed by atoms with Gasteiger partial charge < -0.3 is 20.2 Å². The number of benzene rings is 3. The van der Waals surface area contributed by atoms with E-state index >= 15 is 0 Å². The van der Waals surface area contributed by atoms with Crippen molar-refractivity contribution in [2.24, 2.45) is 0 Å². The van der Waals surface area contributed by atoms with Crippen LogP contribution >= 0.6 is 0 Å². The number of nitrogen functional groups attached to an aromatic ring is 1. The van der Waals surface area contributed by atoms with E-state index in [1.54, 1.807) is 60.9 Å². The second-order valence-corrected chi connectivity index (χ2v) is 9.66. The SMILES string of the molecule is Nc1ccc(C=CC(=O)NCc2cc3cc(-c4ccc(Oc5ccc(F)cc5)cn4)cc(-c4ccc(F)cc4)c3o2)cn1. The lowest BCUT2D eigenvalue weighted by Crippen LogP contribution is -2.19. The highest BCUT2D eigenvalue weighted by atomic mass is 19.1. The predicted octanol–water partition coefficient (Wildman–Crippen LogP) is 7.54. The molecule has 0 atom stereocenters. The molecule has 3 aromatic heterocycles. The van der Waals surface area contributed by atoms with Gasteiger partial charge in [0.05, 0.1) is 18.4 Å². The van der Waals surface area contributed by atoms with Crippen LogP contribution in [-0.2, 0) is 11.3 Å². The fourth-order valence-electron chi connectivity index (χ4n) is 4.46. The summed E-state index contributed by atoms with van der Waals surface area (Å²) >= 11 is 0. The summed E-state index contributed by atoms with van der Waals surface area (Å²) in [5, 5.41) is 3.61. The van der Waals surface area contributed by atoms with E-state index in [0.717, 1.165) is 27.6 Å². The summed E-state index contributed by atoms with van der Waals surface area (Å²) in [5.74, 6) is 0.941. The molecule has 0 saturated carbocycles. The number of carbonyl (C=O) groups excluding carboxylic acids is 1. The number of hydrogen-bond donors (Lipinski definition) is 2. The molecule has 6 rings (SSSR count). The maximum Gasteiger partial charge on any atom is 0.244 e. The van der Waals surface area contributed by atoms with Crippen LogP contribution in [-0.4, -0.2) is 15.9 Å². The Morgan fingerprint density at radius 3 is 2.28 bits per heavy atom. The summed E-state index contributed by atoms with van der Waals surface area (Å²) in [6, 6.07) is 24.6. The second-order valence-electron chi connectivity index (χ2n) is 9.66. The molecule has 43 heavy (non-hydrogen) atoms. The van der Waals surface area contributed by atoms with Crippen molar-refractivity contribution in [3.63, 3.8) is 0 Å². The standard InChI is InChI=1S/C34H24F2N4O3/c35-25-5-3-22(4-6-25)30-17-23(31-12-11-28(19-38-31)42-27-9-7-26(36)8-10-27)15-24-16-29(43-34(24)30)20-40-33(41)14-2-21-1-13-32(37)39-18-21/h1-19H,20H2,(H2,37,39)(H,40,41). The number of carbonyl (C=O) groups is 1. The van der Waals surface area contributed by atoms with Crippen LogP contribution < -0.4 is 15.8 Å². The first-order chi connectivity index (χ1) is 20.9. The smallest absolute Gasteiger partial charge is 0.244 e. The number of anilines is 1. The van der Waals surface area contributed by atoms with Crippen molar-refractivity contribution in [3.8, 4) is 33.9 Å². The minimum Gasteiger partial charge on any atom is -0.459 e. The van der Waals surface area contributed by atoms with Gasteiger partial charge in [-0.2, -0.15) is 0 Å². The number of pyridine rings is 2. The number of fused-ring (bicyclic) bond motifs is 1. The molecule has 3 N–H and O–H groups in total. The molecule has 9 heteroatoms. The van der Waals surface area contributed by atoms with Crippen LogP contribution in [0.15, 0.2) is 114 Å². The lowest BCUT2D eigenvalue weighted by molar-refractivity contribution is -0.116. The van der Waals surface area contributed by atoms with E-state index in [0.29, 0.717) is 34.4 Å². The number of halogens is 2. The van der Waals surface area contributed by atoms with Crippen molar-refractivity contribution in [1.82, 2.24) is 15.3 Å². The zero-order valence-electron chi connectivity index (χ0n) is 22.6. The number of ether oxygens (including phenoxy) is 1. The van der Waals surface area contributed by atoms with Gasteiger partial charge in [-0.3, -0.25) is 9.78 Å². The van der Waals surface area contributed by atoms with Gasteiger partial charge >= 0.3 is 0 Å². The largest absolute Gasteiger partial charge is 0.459 e. The quantitative estimate of drug-likeness (QED) is 0.182. The maximum absolute atomic E-state index is 13.7. The van der Waals surface area contributed by atoms with Crippen LogP contribution in [0.25, 0.3) is 39.4 Å². The van der Waals surface area contributed by atoms with E-state index in [-0.39, 0.29) is 24.1 Å². The summed E-state index contributed by atoms with van der Waals surface area (Å²) in [6.45, 7) is 0.156. The third kappa shape index (κ3) is 6.57. The summed E-state index contributed by atoms with van der Waals surface area (Å²) in [5.41, 5.74) is 9.92. The Labute approximate surface area is 245 Å². The van der Waals surface area contributed by atoms with Crippen molar-refractivity contribution in [2.75, 3.05) is 5.73 Å². The number of amides is 1. The minimum absolute atomic E-state index is 0.156. The van der Waals surface area contributed by atoms with E-state index in [1.807, 2.05) is 24.3 Å². The second kappa shape index (κ2) is 12.0. The first-order valence-corrected chi connectivity index (χ1v) is 13.3. The molecule has 0 unspecified atom stereocenters. The monoisotopic (exact) mass is 574 g/mol. The molecule has 212 valence electrons. The zero-order chi connectivity index (χ0) is 29.8. The molecule has 7 nitrogen and oxygen atoms in total. The summed E-state index contributed by atoms with van der Waals surface area (Å²) in [7, 11) is 0. The van der Waals surface area contributed by atoms with Crippen molar-refractivity contribution in [1.29, 1.82) is 0 Å². The fourth-order valence-corrected chi connectivity index (χ4v) is 4.46. The van der Waals surface area contributed by atoms with Crippen LogP contribution in [0.1, 0.15) is 11.3 Å². The van der Waals surface area contributed by atoms with Gasteiger partial charge in [0.1, 0.15) is 40.3 Å². The maximum atomic E-state index is 13.7. The first-order valence-electron chi connectivity index (χ1n) is 13.3. The van der Waals surface area contributed by atoms with Crippen molar-refractivity contribution in [2.45, 2.75) is 6.54 Å². The zero-order valence-corrected chi connectivity index (χ0v) is 22.6. The third-order valence-corrected chi connectivity index (χ3v) is 6.58. The van der Waals surface area contributed by atoms with Crippen LogP contribution in [0, 0.1) is 11.6 Å². The molecule has 1 amide bonds. The average molecular weight is 575 g/mol. The normalized spacial score (nSPS) is 11.2. The van der Waals surface area contributed by atoms with Crippen molar-refractivity contribution < 1.29 is 22.7 Å². The Balaban J connectivity index is 1.26. The van der Waals surface area contributed by atoms with E-state index in [2.05, 4.69) is 15.3 Å². The van der Waals surface area contributed by atoms with E-state index in [9.17, 15) is 13.6 Å². The number of nitrogens with one attached hydrogen (secondary N) is 1. The average Bonchev–Trinajstić information content (AvgIpc) is 3.44. The molecule has 0 radical (unpaired) electrons. The predicted molar refractivity (Wildman–Crippen MR) is 161 cm³/mol. The topological polar surface area (TPSA) is 103 Å². The van der Waals surface area contributed by atoms with Gasteiger partial charge in [-0.15, -0.1) is 0 Å². The Morgan fingerprint density at radius 1 is 0.837 bits per heavy atom. The van der Waals surface area contributed by atoms with Crippen LogP contribution in [0.2, 0.25) is 0 Å². The lowest BCUT2D eigenvalue weighted by Gasteiger charge is -2.09. The number of rotatable bonds is 8. The van der Waals surface area contributed by atoms with E-state index in [1.165, 1.54) is 30.3 Å². The number of aromatic nitrogens is 2. The summed E-state index contributed by atoms with van der Waals surface area (Å²) < 4.78 is 38.9. The molecular weight excluding hydrogens is 550 g/mol. The number of hydrogen-bond acceptors (Lipinski definition) is 6. The minimum atomic E-state index is -0.347. The summed E-state index contributed by atoms with van der Waals surface area (Å²) in [6.07, 6.45) is 6.22. The molecule has 3 aromatic carbocycles. The van der Waals surface area contributed by atoms with Crippen LogP contribution in [0.5, 0.6) is 11.5 Å². The Bertz CT molecular complexity index is 1920. The summed E-state index contributed by atoms with van der Waals surface area (Å²) in [4.78, 5) is 21.0. The molecular formula is C34H24F2N4O3. The third-order valence-electron chi connectivity index (χ3n) is 6.58. The molecule has 6 aromatic rings. The van der Waals surface area contributed by atoms with Crippen LogP contribution in [0.4, 0.5) is 14.6 Å².